The second kappa shape index (κ2) is 5.75. The molecule has 4 N–H and O–H groups in total. The molecule has 1 aromatic carbocycles. The summed E-state index contributed by atoms with van der Waals surface area (Å²) in [4.78, 5) is 12.3. The van der Waals surface area contributed by atoms with E-state index in [0.717, 1.165) is 24.1 Å². The molecule has 0 spiro atoms. The van der Waals surface area contributed by atoms with E-state index >= 15 is 0 Å². The molecule has 2 unspecified atom stereocenters. The molecule has 1 fully saturated rings. The molecule has 2 rings (SSSR count). The SMILES string of the molecule is Cc1cc(S(N)(=O)=O)cc(NC(=O)C2NCCC2C)c1C. The van der Waals surface area contributed by atoms with Crippen LogP contribution in [0.5, 0.6) is 0 Å². The third-order valence-corrected chi connectivity index (χ3v) is 4.94. The van der Waals surface area contributed by atoms with Crippen LogP contribution in [0.25, 0.3) is 0 Å². The number of sulfonamides is 1. The van der Waals surface area contributed by atoms with Gasteiger partial charge in [-0.15, -0.1) is 0 Å². The Morgan fingerprint density at radius 1 is 1.38 bits per heavy atom. The number of hydrogen-bond acceptors (Lipinski definition) is 4. The Kier molecular flexibility index (Phi) is 4.36. The topological polar surface area (TPSA) is 101 Å². The third kappa shape index (κ3) is 3.42. The van der Waals surface area contributed by atoms with Gasteiger partial charge in [-0.3, -0.25) is 4.79 Å². The number of nitrogens with two attached hydrogens (primary N) is 1. The fraction of sp³-hybridized carbons (Fsp3) is 0.500. The second-order valence-corrected chi connectivity index (χ2v) is 7.21. The summed E-state index contributed by atoms with van der Waals surface area (Å²) in [6, 6.07) is 2.68. The van der Waals surface area contributed by atoms with Crippen molar-refractivity contribution in [2.24, 2.45) is 11.1 Å². The summed E-state index contributed by atoms with van der Waals surface area (Å²) in [5, 5.41) is 11.1. The summed E-state index contributed by atoms with van der Waals surface area (Å²) < 4.78 is 23.0. The molecule has 1 saturated heterocycles. The Balaban J connectivity index is 2.31. The number of amides is 1. The van der Waals surface area contributed by atoms with Gasteiger partial charge in [0.1, 0.15) is 0 Å². The summed E-state index contributed by atoms with van der Waals surface area (Å²) >= 11 is 0. The number of anilines is 1. The standard InChI is InChI=1S/C14H21N3O3S/c1-8-4-5-16-13(8)14(18)17-12-7-11(21(15,19)20)6-9(2)10(12)3/h6-8,13,16H,4-5H2,1-3H3,(H,17,18)(H2,15,19,20). The lowest BCUT2D eigenvalue weighted by molar-refractivity contribution is -0.118. The first-order chi connectivity index (χ1) is 9.70. The van der Waals surface area contributed by atoms with Gasteiger partial charge in [0.2, 0.25) is 15.9 Å². The van der Waals surface area contributed by atoms with E-state index in [9.17, 15) is 13.2 Å². The molecule has 1 amide bonds. The summed E-state index contributed by atoms with van der Waals surface area (Å²) in [7, 11) is -3.80. The highest BCUT2D eigenvalue weighted by Crippen LogP contribution is 2.24. The molecule has 1 aromatic rings. The number of carbonyl (C=O) groups is 1. The summed E-state index contributed by atoms with van der Waals surface area (Å²) in [6.07, 6.45) is 0.952. The minimum atomic E-state index is -3.80. The van der Waals surface area contributed by atoms with Crippen LogP contribution >= 0.6 is 0 Å². The van der Waals surface area contributed by atoms with Crippen LogP contribution in [0.15, 0.2) is 17.0 Å². The number of carbonyl (C=O) groups excluding carboxylic acids is 1. The maximum atomic E-state index is 12.3. The monoisotopic (exact) mass is 311 g/mol. The number of primary sulfonamides is 1. The van der Waals surface area contributed by atoms with Crippen molar-refractivity contribution in [2.45, 2.75) is 38.1 Å². The number of benzene rings is 1. The first kappa shape index (κ1) is 15.9. The van der Waals surface area contributed by atoms with Crippen molar-refractivity contribution in [2.75, 3.05) is 11.9 Å². The second-order valence-electron chi connectivity index (χ2n) is 5.64. The zero-order chi connectivity index (χ0) is 15.8. The third-order valence-electron chi connectivity index (χ3n) is 4.04. The van der Waals surface area contributed by atoms with Gasteiger partial charge >= 0.3 is 0 Å². The highest BCUT2D eigenvalue weighted by Gasteiger charge is 2.29. The number of hydrogen-bond donors (Lipinski definition) is 3. The number of aryl methyl sites for hydroxylation is 1. The van der Waals surface area contributed by atoms with Crippen LogP contribution in [-0.4, -0.2) is 26.9 Å². The molecule has 7 heteroatoms. The van der Waals surface area contributed by atoms with Crippen LogP contribution in [0.3, 0.4) is 0 Å². The van der Waals surface area contributed by atoms with Crippen molar-refractivity contribution >= 4 is 21.6 Å². The minimum absolute atomic E-state index is 0.00771. The Hall–Kier alpha value is -1.44. The predicted molar refractivity (Wildman–Crippen MR) is 81.5 cm³/mol. The lowest BCUT2D eigenvalue weighted by atomic mass is 10.0. The Morgan fingerprint density at radius 3 is 2.57 bits per heavy atom. The zero-order valence-electron chi connectivity index (χ0n) is 12.4. The van der Waals surface area contributed by atoms with Gasteiger partial charge in [0.15, 0.2) is 0 Å². The van der Waals surface area contributed by atoms with Gasteiger partial charge < -0.3 is 10.6 Å². The van der Waals surface area contributed by atoms with Crippen molar-refractivity contribution in [3.05, 3.63) is 23.3 Å². The first-order valence-corrected chi connectivity index (χ1v) is 8.43. The highest BCUT2D eigenvalue weighted by atomic mass is 32.2. The van der Waals surface area contributed by atoms with Crippen LogP contribution in [0, 0.1) is 19.8 Å². The van der Waals surface area contributed by atoms with Crippen LogP contribution in [0.2, 0.25) is 0 Å². The van der Waals surface area contributed by atoms with E-state index in [4.69, 9.17) is 5.14 Å². The molecule has 116 valence electrons. The Bertz CT molecular complexity index is 670. The number of nitrogens with one attached hydrogen (secondary N) is 2. The van der Waals surface area contributed by atoms with E-state index in [1.165, 1.54) is 12.1 Å². The Labute approximate surface area is 125 Å². The summed E-state index contributed by atoms with van der Waals surface area (Å²) in [5.41, 5.74) is 2.09. The van der Waals surface area contributed by atoms with Crippen LogP contribution in [0.1, 0.15) is 24.5 Å². The largest absolute Gasteiger partial charge is 0.324 e. The summed E-state index contributed by atoms with van der Waals surface area (Å²) in [6.45, 7) is 6.46. The average Bonchev–Trinajstić information content (AvgIpc) is 2.79. The lowest BCUT2D eigenvalue weighted by Gasteiger charge is -2.18. The van der Waals surface area contributed by atoms with Gasteiger partial charge in [-0.2, -0.15) is 0 Å². The zero-order valence-corrected chi connectivity index (χ0v) is 13.3. The molecule has 1 aliphatic rings. The Morgan fingerprint density at radius 2 is 2.05 bits per heavy atom. The number of rotatable bonds is 3. The fourth-order valence-corrected chi connectivity index (χ4v) is 3.14. The van der Waals surface area contributed by atoms with Gasteiger partial charge in [-0.05, 0) is 56.0 Å². The minimum Gasteiger partial charge on any atom is -0.324 e. The van der Waals surface area contributed by atoms with E-state index in [1.54, 1.807) is 6.92 Å². The molecule has 0 bridgehead atoms. The van der Waals surface area contributed by atoms with Crippen molar-refractivity contribution in [3.8, 4) is 0 Å². The van der Waals surface area contributed by atoms with Gasteiger partial charge in [0.25, 0.3) is 0 Å². The van der Waals surface area contributed by atoms with Crippen molar-refractivity contribution < 1.29 is 13.2 Å². The first-order valence-electron chi connectivity index (χ1n) is 6.88. The van der Waals surface area contributed by atoms with E-state index in [1.807, 2.05) is 13.8 Å². The van der Waals surface area contributed by atoms with Crippen LogP contribution in [0.4, 0.5) is 5.69 Å². The van der Waals surface area contributed by atoms with E-state index in [-0.39, 0.29) is 22.8 Å². The molecule has 0 aromatic heterocycles. The maximum Gasteiger partial charge on any atom is 0.241 e. The normalized spacial score (nSPS) is 22.3. The van der Waals surface area contributed by atoms with Crippen molar-refractivity contribution in [1.82, 2.24) is 5.32 Å². The van der Waals surface area contributed by atoms with Gasteiger partial charge in [0, 0.05) is 5.69 Å². The molecule has 0 aliphatic carbocycles. The summed E-state index contributed by atoms with van der Waals surface area (Å²) in [5.74, 6) is 0.113. The van der Waals surface area contributed by atoms with Crippen LogP contribution in [-0.2, 0) is 14.8 Å². The smallest absolute Gasteiger partial charge is 0.241 e. The molecule has 1 heterocycles. The predicted octanol–water partition coefficient (Wildman–Crippen LogP) is 0.887. The van der Waals surface area contributed by atoms with Gasteiger partial charge in [-0.25, -0.2) is 13.6 Å². The molecule has 2 atom stereocenters. The van der Waals surface area contributed by atoms with Gasteiger partial charge in [-0.1, -0.05) is 6.92 Å². The quantitative estimate of drug-likeness (QED) is 0.771. The average molecular weight is 311 g/mol. The van der Waals surface area contributed by atoms with E-state index in [2.05, 4.69) is 10.6 Å². The van der Waals surface area contributed by atoms with E-state index in [0.29, 0.717) is 5.69 Å². The van der Waals surface area contributed by atoms with Crippen molar-refractivity contribution in [1.29, 1.82) is 0 Å². The lowest BCUT2D eigenvalue weighted by Crippen LogP contribution is -2.39. The molecule has 0 saturated carbocycles. The maximum absolute atomic E-state index is 12.3. The van der Waals surface area contributed by atoms with E-state index < -0.39 is 10.0 Å². The molecule has 6 nitrogen and oxygen atoms in total. The molecule has 0 radical (unpaired) electrons. The molecular weight excluding hydrogens is 290 g/mol. The molecular formula is C14H21N3O3S. The molecule has 21 heavy (non-hydrogen) atoms. The fourth-order valence-electron chi connectivity index (χ4n) is 2.52. The highest BCUT2D eigenvalue weighted by molar-refractivity contribution is 7.89. The van der Waals surface area contributed by atoms with Gasteiger partial charge in [0.05, 0.1) is 10.9 Å². The van der Waals surface area contributed by atoms with Crippen LogP contribution < -0.4 is 15.8 Å². The van der Waals surface area contributed by atoms with Crippen molar-refractivity contribution in [3.63, 3.8) is 0 Å². The molecule has 1 aliphatic heterocycles.